The number of fused-ring (bicyclic) bond motifs is 1. The van der Waals surface area contributed by atoms with Crippen LogP contribution in [0.15, 0.2) is 22.7 Å². The number of hydrazine groups is 1. The monoisotopic (exact) mass is 371 g/mol. The molecule has 3 N–H and O–H groups in total. The number of methoxy groups -OCH3 is 1. The molecule has 0 bridgehead atoms. The molecular weight excluding hydrogens is 354 g/mol. The van der Waals surface area contributed by atoms with Crippen LogP contribution in [0.1, 0.15) is 17.7 Å². The topological polar surface area (TPSA) is 62.4 Å². The van der Waals surface area contributed by atoms with Crippen LogP contribution in [0, 0.1) is 5.92 Å². The SMILES string of the molecule is COc1ccc(Br)cc1C1SCC(=O)NC2NNC(C)C21. The lowest BCUT2D eigenvalue weighted by atomic mass is 9.91. The van der Waals surface area contributed by atoms with Crippen molar-refractivity contribution < 1.29 is 9.53 Å². The van der Waals surface area contributed by atoms with Crippen molar-refractivity contribution in [1.82, 2.24) is 16.2 Å². The van der Waals surface area contributed by atoms with E-state index in [1.807, 2.05) is 12.1 Å². The fraction of sp³-hybridized carbons (Fsp3) is 0.500. The van der Waals surface area contributed by atoms with Gasteiger partial charge in [-0.25, -0.2) is 5.43 Å². The number of thioether (sulfide) groups is 1. The molecule has 5 nitrogen and oxygen atoms in total. The van der Waals surface area contributed by atoms with E-state index in [-0.39, 0.29) is 29.3 Å². The summed E-state index contributed by atoms with van der Waals surface area (Å²) in [5, 5.41) is 3.22. The number of halogens is 1. The van der Waals surface area contributed by atoms with E-state index in [1.54, 1.807) is 18.9 Å². The quantitative estimate of drug-likeness (QED) is 0.739. The lowest BCUT2D eigenvalue weighted by molar-refractivity contribution is -0.119. The van der Waals surface area contributed by atoms with Crippen LogP contribution in [0.5, 0.6) is 5.75 Å². The predicted molar refractivity (Wildman–Crippen MR) is 87.0 cm³/mol. The molecular formula is C14H18BrN3O2S. The Morgan fingerprint density at radius 1 is 1.38 bits per heavy atom. The first-order valence-electron chi connectivity index (χ1n) is 6.85. The number of carbonyl (C=O) groups is 1. The van der Waals surface area contributed by atoms with E-state index in [2.05, 4.69) is 45.1 Å². The highest BCUT2D eigenvalue weighted by Crippen LogP contribution is 2.45. The maximum atomic E-state index is 11.9. The Hall–Kier alpha value is -0.760. The van der Waals surface area contributed by atoms with Gasteiger partial charge in [0.05, 0.1) is 19.0 Å². The highest BCUT2D eigenvalue weighted by Gasteiger charge is 2.43. The molecule has 2 saturated heterocycles. The molecule has 2 aliphatic heterocycles. The van der Waals surface area contributed by atoms with Crippen molar-refractivity contribution in [3.05, 3.63) is 28.2 Å². The number of rotatable bonds is 2. The Kier molecular flexibility index (Phi) is 4.44. The lowest BCUT2D eigenvalue weighted by Crippen LogP contribution is -2.46. The van der Waals surface area contributed by atoms with Gasteiger partial charge in [-0.3, -0.25) is 10.2 Å². The minimum atomic E-state index is -0.0591. The Morgan fingerprint density at radius 3 is 2.95 bits per heavy atom. The first-order chi connectivity index (χ1) is 10.1. The number of amides is 1. The molecule has 4 unspecified atom stereocenters. The summed E-state index contributed by atoms with van der Waals surface area (Å²) < 4.78 is 6.54. The molecule has 4 atom stereocenters. The van der Waals surface area contributed by atoms with E-state index in [9.17, 15) is 4.79 Å². The Labute approximate surface area is 136 Å². The van der Waals surface area contributed by atoms with Gasteiger partial charge in [0, 0.05) is 27.2 Å². The number of carbonyl (C=O) groups excluding carboxylic acids is 1. The van der Waals surface area contributed by atoms with Crippen LogP contribution in [-0.4, -0.2) is 31.0 Å². The molecule has 21 heavy (non-hydrogen) atoms. The van der Waals surface area contributed by atoms with E-state index in [4.69, 9.17) is 4.74 Å². The Morgan fingerprint density at radius 2 is 2.19 bits per heavy atom. The van der Waals surface area contributed by atoms with Gasteiger partial charge in [0.15, 0.2) is 0 Å². The van der Waals surface area contributed by atoms with Gasteiger partial charge in [-0.1, -0.05) is 15.9 Å². The van der Waals surface area contributed by atoms with Gasteiger partial charge in [0.25, 0.3) is 0 Å². The fourth-order valence-corrected chi connectivity index (χ4v) is 4.76. The predicted octanol–water partition coefficient (Wildman–Crippen LogP) is 1.80. The second kappa shape index (κ2) is 6.16. The van der Waals surface area contributed by atoms with Crippen molar-refractivity contribution in [2.75, 3.05) is 12.9 Å². The molecule has 114 valence electrons. The van der Waals surface area contributed by atoms with Crippen LogP contribution in [0.25, 0.3) is 0 Å². The maximum Gasteiger partial charge on any atom is 0.231 e. The van der Waals surface area contributed by atoms with E-state index >= 15 is 0 Å². The van der Waals surface area contributed by atoms with Gasteiger partial charge < -0.3 is 10.1 Å². The van der Waals surface area contributed by atoms with E-state index in [0.717, 1.165) is 15.8 Å². The second-order valence-corrected chi connectivity index (χ2v) is 7.36. The zero-order valence-electron chi connectivity index (χ0n) is 11.9. The summed E-state index contributed by atoms with van der Waals surface area (Å²) in [5.41, 5.74) is 7.54. The molecule has 0 radical (unpaired) electrons. The summed E-state index contributed by atoms with van der Waals surface area (Å²) >= 11 is 5.20. The average Bonchev–Trinajstić information content (AvgIpc) is 2.72. The molecule has 1 aromatic carbocycles. The van der Waals surface area contributed by atoms with Gasteiger partial charge in [0.1, 0.15) is 5.75 Å². The number of hydrogen-bond donors (Lipinski definition) is 3. The summed E-state index contributed by atoms with van der Waals surface area (Å²) in [6.07, 6.45) is -0.0591. The van der Waals surface area contributed by atoms with Crippen molar-refractivity contribution in [1.29, 1.82) is 0 Å². The molecule has 1 aromatic rings. The third kappa shape index (κ3) is 2.92. The van der Waals surface area contributed by atoms with Gasteiger partial charge in [0.2, 0.25) is 5.91 Å². The summed E-state index contributed by atoms with van der Waals surface area (Å²) in [5.74, 6) is 1.64. The molecule has 0 saturated carbocycles. The smallest absolute Gasteiger partial charge is 0.231 e. The third-order valence-corrected chi connectivity index (χ3v) is 5.84. The van der Waals surface area contributed by atoms with Crippen LogP contribution in [-0.2, 0) is 4.79 Å². The molecule has 0 aromatic heterocycles. The normalized spacial score (nSPS) is 32.2. The Bertz CT molecular complexity index is 557. The first kappa shape index (κ1) is 15.1. The summed E-state index contributed by atoms with van der Waals surface area (Å²) in [6, 6.07) is 6.29. The first-order valence-corrected chi connectivity index (χ1v) is 8.70. The second-order valence-electron chi connectivity index (χ2n) is 5.32. The van der Waals surface area contributed by atoms with Crippen molar-refractivity contribution in [2.24, 2.45) is 5.92 Å². The maximum absolute atomic E-state index is 11.9. The molecule has 7 heteroatoms. The summed E-state index contributed by atoms with van der Waals surface area (Å²) in [7, 11) is 1.68. The van der Waals surface area contributed by atoms with Gasteiger partial charge in [-0.05, 0) is 25.1 Å². The van der Waals surface area contributed by atoms with Crippen molar-refractivity contribution >= 4 is 33.6 Å². The highest BCUT2D eigenvalue weighted by molar-refractivity contribution is 9.10. The summed E-state index contributed by atoms with van der Waals surface area (Å²) in [4.78, 5) is 11.9. The zero-order chi connectivity index (χ0) is 15.0. The van der Waals surface area contributed by atoms with Crippen LogP contribution in [0.2, 0.25) is 0 Å². The number of nitrogens with one attached hydrogen (secondary N) is 3. The van der Waals surface area contributed by atoms with Crippen LogP contribution >= 0.6 is 27.7 Å². The third-order valence-electron chi connectivity index (χ3n) is 3.99. The molecule has 3 rings (SSSR count). The van der Waals surface area contributed by atoms with Gasteiger partial charge >= 0.3 is 0 Å². The van der Waals surface area contributed by atoms with Gasteiger partial charge in [-0.15, -0.1) is 11.8 Å². The minimum Gasteiger partial charge on any atom is -0.496 e. The molecule has 0 aliphatic carbocycles. The van der Waals surface area contributed by atoms with Gasteiger partial charge in [-0.2, -0.15) is 0 Å². The number of benzene rings is 1. The van der Waals surface area contributed by atoms with Crippen molar-refractivity contribution in [2.45, 2.75) is 24.4 Å². The van der Waals surface area contributed by atoms with Crippen LogP contribution in [0.4, 0.5) is 0 Å². The van der Waals surface area contributed by atoms with E-state index in [1.165, 1.54) is 0 Å². The molecule has 2 fully saturated rings. The molecule has 2 heterocycles. The van der Waals surface area contributed by atoms with E-state index in [0.29, 0.717) is 5.75 Å². The average molecular weight is 372 g/mol. The Balaban J connectivity index is 2.02. The molecule has 1 amide bonds. The van der Waals surface area contributed by atoms with Crippen molar-refractivity contribution in [3.63, 3.8) is 0 Å². The van der Waals surface area contributed by atoms with Crippen LogP contribution in [0.3, 0.4) is 0 Å². The van der Waals surface area contributed by atoms with Crippen LogP contribution < -0.4 is 20.9 Å². The lowest BCUT2D eigenvalue weighted by Gasteiger charge is -2.28. The fourth-order valence-electron chi connectivity index (χ4n) is 2.99. The molecule has 2 aliphatic rings. The number of ether oxygens (including phenoxy) is 1. The van der Waals surface area contributed by atoms with Crippen molar-refractivity contribution in [3.8, 4) is 5.75 Å². The zero-order valence-corrected chi connectivity index (χ0v) is 14.3. The standard InChI is InChI=1S/C14H18BrN3O2S/c1-7-12-13(9-5-8(15)3-4-10(9)20-2)21-6-11(19)16-14(12)18-17-7/h3-5,7,12-14,17-18H,6H2,1-2H3,(H,16,19). The minimum absolute atomic E-state index is 0.0591. The largest absolute Gasteiger partial charge is 0.496 e. The van der Waals surface area contributed by atoms with E-state index < -0.39 is 0 Å². The summed E-state index contributed by atoms with van der Waals surface area (Å²) in [6.45, 7) is 2.13. The highest BCUT2D eigenvalue weighted by atomic mass is 79.9. The molecule has 0 spiro atoms. The number of hydrogen-bond acceptors (Lipinski definition) is 5.